The number of hydrogen-bond donors (Lipinski definition) is 2. The first-order valence-corrected chi connectivity index (χ1v) is 10.9. The third-order valence-corrected chi connectivity index (χ3v) is 6.58. The van der Waals surface area contributed by atoms with Crippen LogP contribution in [0.3, 0.4) is 0 Å². The van der Waals surface area contributed by atoms with Gasteiger partial charge in [-0.15, -0.1) is 0 Å². The Morgan fingerprint density at radius 3 is 1.89 bits per heavy atom. The highest BCUT2D eigenvalue weighted by molar-refractivity contribution is 5.88. The van der Waals surface area contributed by atoms with Crippen molar-refractivity contribution in [3.8, 4) is 0 Å². The van der Waals surface area contributed by atoms with Crippen LogP contribution in [0.1, 0.15) is 77.6 Å². The molecule has 1 unspecified atom stereocenters. The summed E-state index contributed by atoms with van der Waals surface area (Å²) >= 11 is 0. The molecule has 3 rings (SSSR count). The lowest BCUT2D eigenvalue weighted by atomic mass is 9.88. The van der Waals surface area contributed by atoms with Crippen molar-refractivity contribution in [1.29, 1.82) is 0 Å². The van der Waals surface area contributed by atoms with E-state index in [0.717, 1.165) is 64.2 Å². The fourth-order valence-electron chi connectivity index (χ4n) is 4.78. The molecular weight excluding hydrogens is 342 g/mol. The molecule has 1 saturated heterocycles. The highest BCUT2D eigenvalue weighted by atomic mass is 16.2. The molecule has 2 N–H and O–H groups in total. The Balaban J connectivity index is 1.39. The van der Waals surface area contributed by atoms with Gasteiger partial charge in [-0.25, -0.2) is 0 Å². The number of amides is 3. The van der Waals surface area contributed by atoms with Gasteiger partial charge in [0.15, 0.2) is 0 Å². The first-order chi connectivity index (χ1) is 13.0. The summed E-state index contributed by atoms with van der Waals surface area (Å²) in [5, 5.41) is 6.11. The summed E-state index contributed by atoms with van der Waals surface area (Å²) in [6.45, 7) is 3.09. The van der Waals surface area contributed by atoms with Crippen molar-refractivity contribution in [3.63, 3.8) is 0 Å². The minimum absolute atomic E-state index is 0.00148. The number of carbonyl (C=O) groups excluding carboxylic acids is 3. The molecule has 1 atom stereocenters. The Bertz CT molecular complexity index is 531. The van der Waals surface area contributed by atoms with E-state index >= 15 is 0 Å². The predicted octanol–water partition coefficient (Wildman–Crippen LogP) is 2.37. The molecule has 6 heteroatoms. The summed E-state index contributed by atoms with van der Waals surface area (Å²) in [5.74, 6) is 0.503. The lowest BCUT2D eigenvalue weighted by Crippen LogP contribution is -2.53. The van der Waals surface area contributed by atoms with Gasteiger partial charge in [0.1, 0.15) is 6.04 Å². The Hall–Kier alpha value is -1.59. The van der Waals surface area contributed by atoms with E-state index < -0.39 is 6.04 Å². The van der Waals surface area contributed by atoms with Crippen LogP contribution in [0.2, 0.25) is 0 Å². The van der Waals surface area contributed by atoms with Crippen LogP contribution in [-0.2, 0) is 14.4 Å². The van der Waals surface area contributed by atoms with Gasteiger partial charge >= 0.3 is 0 Å². The summed E-state index contributed by atoms with van der Waals surface area (Å²) in [7, 11) is 0. The average Bonchev–Trinajstić information content (AvgIpc) is 3.23. The lowest BCUT2D eigenvalue weighted by molar-refractivity contribution is -0.138. The molecule has 1 aliphatic heterocycles. The van der Waals surface area contributed by atoms with Crippen LogP contribution in [0.25, 0.3) is 0 Å². The fourth-order valence-corrected chi connectivity index (χ4v) is 4.78. The van der Waals surface area contributed by atoms with Crippen LogP contribution >= 0.6 is 0 Å². The molecule has 3 amide bonds. The van der Waals surface area contributed by atoms with Crippen molar-refractivity contribution in [3.05, 3.63) is 0 Å². The number of rotatable bonds is 5. The topological polar surface area (TPSA) is 78.5 Å². The maximum atomic E-state index is 12.6. The Morgan fingerprint density at radius 1 is 0.778 bits per heavy atom. The second kappa shape index (κ2) is 9.56. The van der Waals surface area contributed by atoms with Crippen LogP contribution in [0.15, 0.2) is 0 Å². The molecule has 3 aliphatic rings. The van der Waals surface area contributed by atoms with Crippen molar-refractivity contribution < 1.29 is 14.4 Å². The predicted molar refractivity (Wildman–Crippen MR) is 104 cm³/mol. The highest BCUT2D eigenvalue weighted by Gasteiger charge is 2.31. The van der Waals surface area contributed by atoms with Gasteiger partial charge in [-0.1, -0.05) is 32.1 Å². The second-order valence-corrected chi connectivity index (χ2v) is 8.65. The molecule has 0 aromatic carbocycles. The van der Waals surface area contributed by atoms with E-state index in [2.05, 4.69) is 10.6 Å². The normalized spacial score (nSPS) is 23.8. The number of likely N-dealkylation sites (tertiary alicyclic amines) is 1. The van der Waals surface area contributed by atoms with Crippen molar-refractivity contribution >= 4 is 17.7 Å². The van der Waals surface area contributed by atoms with Crippen LogP contribution in [0.5, 0.6) is 0 Å². The van der Waals surface area contributed by atoms with Gasteiger partial charge in [0, 0.05) is 31.0 Å². The van der Waals surface area contributed by atoms with Crippen molar-refractivity contribution in [1.82, 2.24) is 15.5 Å². The molecular formula is C21H35N3O3. The smallest absolute Gasteiger partial charge is 0.244 e. The molecule has 0 radical (unpaired) electrons. The molecule has 0 spiro atoms. The summed E-state index contributed by atoms with van der Waals surface area (Å²) in [6.07, 6.45) is 11.3. The van der Waals surface area contributed by atoms with Crippen LogP contribution in [0.4, 0.5) is 0 Å². The van der Waals surface area contributed by atoms with Gasteiger partial charge in [-0.2, -0.15) is 0 Å². The van der Waals surface area contributed by atoms with Crippen LogP contribution < -0.4 is 10.6 Å². The minimum Gasteiger partial charge on any atom is -0.353 e. The number of hydrogen-bond acceptors (Lipinski definition) is 3. The van der Waals surface area contributed by atoms with E-state index in [0.29, 0.717) is 13.1 Å². The zero-order valence-electron chi connectivity index (χ0n) is 16.7. The van der Waals surface area contributed by atoms with E-state index in [9.17, 15) is 14.4 Å². The molecule has 0 aromatic heterocycles. The van der Waals surface area contributed by atoms with E-state index in [1.54, 1.807) is 6.92 Å². The van der Waals surface area contributed by atoms with Crippen LogP contribution in [-0.4, -0.2) is 47.8 Å². The third-order valence-electron chi connectivity index (χ3n) is 6.58. The molecule has 0 bridgehead atoms. The average molecular weight is 378 g/mol. The first kappa shape index (κ1) is 20.2. The van der Waals surface area contributed by atoms with Crippen molar-refractivity contribution in [2.24, 2.45) is 11.8 Å². The standard InChI is InChI=1S/C21H35N3O3/c1-15(22-19(25)16-9-5-6-10-16)21(27)24-13-11-18(12-14-24)23-20(26)17-7-3-2-4-8-17/h15-18H,2-14H2,1H3,(H,22,25)(H,23,26). The number of nitrogens with zero attached hydrogens (tertiary/aromatic N) is 1. The van der Waals surface area contributed by atoms with E-state index in [1.165, 1.54) is 6.42 Å². The van der Waals surface area contributed by atoms with E-state index in [1.807, 2.05) is 4.90 Å². The Labute approximate surface area is 162 Å². The van der Waals surface area contributed by atoms with Gasteiger partial charge in [0.25, 0.3) is 0 Å². The Morgan fingerprint density at radius 2 is 1.30 bits per heavy atom. The molecule has 2 saturated carbocycles. The van der Waals surface area contributed by atoms with Gasteiger partial charge in [0.2, 0.25) is 17.7 Å². The number of piperidine rings is 1. The van der Waals surface area contributed by atoms with Gasteiger partial charge in [0.05, 0.1) is 0 Å². The van der Waals surface area contributed by atoms with Gasteiger partial charge < -0.3 is 15.5 Å². The van der Waals surface area contributed by atoms with Crippen LogP contribution in [0, 0.1) is 11.8 Å². The lowest BCUT2D eigenvalue weighted by Gasteiger charge is -2.35. The van der Waals surface area contributed by atoms with Gasteiger partial charge in [-0.3, -0.25) is 14.4 Å². The summed E-state index contributed by atoms with van der Waals surface area (Å²) in [6, 6.07) is -0.293. The summed E-state index contributed by atoms with van der Waals surface area (Å²) < 4.78 is 0. The SMILES string of the molecule is CC(NC(=O)C1CCCC1)C(=O)N1CCC(NC(=O)C2CCCCC2)CC1. The molecule has 27 heavy (non-hydrogen) atoms. The zero-order chi connectivity index (χ0) is 19.2. The van der Waals surface area contributed by atoms with E-state index in [4.69, 9.17) is 0 Å². The first-order valence-electron chi connectivity index (χ1n) is 10.9. The molecule has 3 fully saturated rings. The second-order valence-electron chi connectivity index (χ2n) is 8.65. The molecule has 0 aromatic rings. The van der Waals surface area contributed by atoms with Crippen molar-refractivity contribution in [2.75, 3.05) is 13.1 Å². The zero-order valence-corrected chi connectivity index (χ0v) is 16.7. The largest absolute Gasteiger partial charge is 0.353 e. The molecule has 2 aliphatic carbocycles. The fraction of sp³-hybridized carbons (Fsp3) is 0.857. The molecule has 6 nitrogen and oxygen atoms in total. The summed E-state index contributed by atoms with van der Waals surface area (Å²) in [5.41, 5.74) is 0. The molecule has 1 heterocycles. The highest BCUT2D eigenvalue weighted by Crippen LogP contribution is 2.25. The molecule has 152 valence electrons. The van der Waals surface area contributed by atoms with E-state index in [-0.39, 0.29) is 35.6 Å². The third kappa shape index (κ3) is 5.45. The Kier molecular flexibility index (Phi) is 7.13. The minimum atomic E-state index is -0.466. The number of nitrogens with one attached hydrogen (secondary N) is 2. The van der Waals surface area contributed by atoms with Crippen molar-refractivity contribution in [2.45, 2.75) is 89.6 Å². The number of carbonyl (C=O) groups is 3. The maximum Gasteiger partial charge on any atom is 0.244 e. The summed E-state index contributed by atoms with van der Waals surface area (Å²) in [4.78, 5) is 39.1. The monoisotopic (exact) mass is 377 g/mol. The maximum absolute atomic E-state index is 12.6. The quantitative estimate of drug-likeness (QED) is 0.772. The van der Waals surface area contributed by atoms with Gasteiger partial charge in [-0.05, 0) is 45.4 Å².